The fourth-order valence-corrected chi connectivity index (χ4v) is 2.34. The Labute approximate surface area is 143 Å². The molecule has 2 aromatic rings. The summed E-state index contributed by atoms with van der Waals surface area (Å²) in [5, 5.41) is 11.2. The third-order valence-corrected chi connectivity index (χ3v) is 4.12. The third kappa shape index (κ3) is 4.53. The molecular formula is C14H15Cl3N4O. The van der Waals surface area contributed by atoms with Crippen LogP contribution in [-0.4, -0.2) is 22.4 Å². The fraction of sp³-hybridized carbons (Fsp3) is 0.286. The molecule has 0 saturated carbocycles. The van der Waals surface area contributed by atoms with Crippen molar-refractivity contribution in [2.24, 2.45) is 0 Å². The average Bonchev–Trinajstić information content (AvgIpc) is 2.73. The van der Waals surface area contributed by atoms with Gasteiger partial charge in [0.15, 0.2) is 0 Å². The van der Waals surface area contributed by atoms with E-state index in [9.17, 15) is 4.79 Å². The van der Waals surface area contributed by atoms with Crippen LogP contribution in [0.1, 0.15) is 12.1 Å². The van der Waals surface area contributed by atoms with Crippen molar-refractivity contribution in [2.75, 3.05) is 11.9 Å². The molecule has 0 bridgehead atoms. The van der Waals surface area contributed by atoms with E-state index in [2.05, 4.69) is 15.7 Å². The number of carbonyl (C=O) groups excluding carboxylic acids is 1. The molecule has 0 atom stereocenters. The summed E-state index contributed by atoms with van der Waals surface area (Å²) in [6.07, 6.45) is 0.686. The van der Waals surface area contributed by atoms with E-state index in [1.807, 2.05) is 0 Å². The lowest BCUT2D eigenvalue weighted by molar-refractivity contribution is 0.251. The first-order chi connectivity index (χ1) is 10.5. The molecule has 0 radical (unpaired) electrons. The van der Waals surface area contributed by atoms with Gasteiger partial charge in [0.05, 0.1) is 5.69 Å². The number of benzene rings is 1. The van der Waals surface area contributed by atoms with Crippen molar-refractivity contribution in [3.8, 4) is 0 Å². The number of halogens is 3. The predicted molar refractivity (Wildman–Crippen MR) is 90.1 cm³/mol. The Bertz CT molecular complexity index is 655. The summed E-state index contributed by atoms with van der Waals surface area (Å²) in [7, 11) is 0. The number of carbonyl (C=O) groups is 1. The van der Waals surface area contributed by atoms with Crippen molar-refractivity contribution in [3.05, 3.63) is 45.2 Å². The second kappa shape index (κ2) is 7.72. The largest absolute Gasteiger partial charge is 0.338 e. The Morgan fingerprint density at radius 2 is 1.91 bits per heavy atom. The van der Waals surface area contributed by atoms with E-state index in [0.29, 0.717) is 46.1 Å². The molecule has 1 heterocycles. The summed E-state index contributed by atoms with van der Waals surface area (Å²) in [6, 6.07) is 6.61. The minimum absolute atomic E-state index is 0.275. The zero-order valence-electron chi connectivity index (χ0n) is 11.9. The summed E-state index contributed by atoms with van der Waals surface area (Å²) in [6.45, 7) is 2.86. The van der Waals surface area contributed by atoms with Crippen molar-refractivity contribution in [2.45, 2.75) is 19.9 Å². The molecule has 22 heavy (non-hydrogen) atoms. The molecular weight excluding hydrogens is 347 g/mol. The molecule has 0 aliphatic carbocycles. The van der Waals surface area contributed by atoms with E-state index in [4.69, 9.17) is 34.8 Å². The highest BCUT2D eigenvalue weighted by atomic mass is 35.5. The van der Waals surface area contributed by atoms with Gasteiger partial charge < -0.3 is 10.6 Å². The normalized spacial score (nSPS) is 10.5. The first-order valence-electron chi connectivity index (χ1n) is 6.66. The van der Waals surface area contributed by atoms with Gasteiger partial charge in [0.2, 0.25) is 0 Å². The van der Waals surface area contributed by atoms with Crippen molar-refractivity contribution >= 4 is 46.5 Å². The Kier molecular flexibility index (Phi) is 5.94. The number of nitrogens with one attached hydrogen (secondary N) is 2. The van der Waals surface area contributed by atoms with Crippen molar-refractivity contribution in [1.82, 2.24) is 15.1 Å². The second-order valence-electron chi connectivity index (χ2n) is 4.65. The topological polar surface area (TPSA) is 59.0 Å². The number of anilines is 1. The summed E-state index contributed by atoms with van der Waals surface area (Å²) in [4.78, 5) is 11.7. The van der Waals surface area contributed by atoms with Gasteiger partial charge in [-0.3, -0.25) is 4.68 Å². The van der Waals surface area contributed by atoms with E-state index in [1.54, 1.807) is 35.9 Å². The van der Waals surface area contributed by atoms with Crippen molar-refractivity contribution in [3.63, 3.8) is 0 Å². The van der Waals surface area contributed by atoms with Gasteiger partial charge in [0.25, 0.3) is 0 Å². The lowest BCUT2D eigenvalue weighted by atomic mass is 10.3. The van der Waals surface area contributed by atoms with Crippen LogP contribution in [0.3, 0.4) is 0 Å². The van der Waals surface area contributed by atoms with Crippen LogP contribution in [0.25, 0.3) is 0 Å². The monoisotopic (exact) mass is 360 g/mol. The van der Waals surface area contributed by atoms with Crippen molar-refractivity contribution < 1.29 is 4.79 Å². The summed E-state index contributed by atoms with van der Waals surface area (Å²) in [5.74, 6) is 0. The number of urea groups is 1. The minimum Gasteiger partial charge on any atom is -0.338 e. The fourth-order valence-electron chi connectivity index (χ4n) is 1.82. The van der Waals surface area contributed by atoms with Gasteiger partial charge in [-0.15, -0.1) is 0 Å². The second-order valence-corrected chi connectivity index (χ2v) is 5.83. The van der Waals surface area contributed by atoms with E-state index in [1.165, 1.54) is 0 Å². The molecule has 0 aliphatic rings. The molecule has 2 amide bonds. The van der Waals surface area contributed by atoms with Crippen molar-refractivity contribution in [1.29, 1.82) is 0 Å². The van der Waals surface area contributed by atoms with Crippen LogP contribution in [0.2, 0.25) is 15.2 Å². The van der Waals surface area contributed by atoms with Crippen LogP contribution >= 0.6 is 34.8 Å². The summed E-state index contributed by atoms with van der Waals surface area (Å²) in [5.41, 5.74) is 1.37. The van der Waals surface area contributed by atoms with Gasteiger partial charge in [-0.2, -0.15) is 5.10 Å². The van der Waals surface area contributed by atoms with Gasteiger partial charge in [-0.25, -0.2) is 4.79 Å². The van der Waals surface area contributed by atoms with Gasteiger partial charge in [0.1, 0.15) is 10.2 Å². The maximum Gasteiger partial charge on any atom is 0.319 e. The quantitative estimate of drug-likeness (QED) is 0.777. The van der Waals surface area contributed by atoms with E-state index in [0.717, 1.165) is 0 Å². The number of hydrogen-bond acceptors (Lipinski definition) is 2. The third-order valence-electron chi connectivity index (χ3n) is 2.93. The molecule has 5 nitrogen and oxygen atoms in total. The number of aromatic nitrogens is 2. The van der Waals surface area contributed by atoms with Gasteiger partial charge in [-0.1, -0.05) is 34.8 Å². The molecule has 0 saturated heterocycles. The Morgan fingerprint density at radius 3 is 2.50 bits per heavy atom. The number of amides is 2. The van der Waals surface area contributed by atoms with Crippen LogP contribution < -0.4 is 10.6 Å². The maximum absolute atomic E-state index is 11.7. The molecule has 2 rings (SSSR count). The molecule has 118 valence electrons. The predicted octanol–water partition coefficient (Wildman–Crippen LogP) is 4.36. The molecule has 2 N–H and O–H groups in total. The first-order valence-corrected chi connectivity index (χ1v) is 7.79. The highest BCUT2D eigenvalue weighted by Crippen LogP contribution is 2.24. The van der Waals surface area contributed by atoms with E-state index < -0.39 is 0 Å². The summed E-state index contributed by atoms with van der Waals surface area (Å²) < 4.78 is 1.62. The van der Waals surface area contributed by atoms with Crippen LogP contribution in [0.5, 0.6) is 0 Å². The summed E-state index contributed by atoms with van der Waals surface area (Å²) >= 11 is 17.8. The number of rotatable bonds is 5. The number of hydrogen-bond donors (Lipinski definition) is 2. The maximum atomic E-state index is 11.7. The van der Waals surface area contributed by atoms with Crippen LogP contribution in [0, 0.1) is 6.92 Å². The van der Waals surface area contributed by atoms with Gasteiger partial charge in [0, 0.05) is 23.8 Å². The highest BCUT2D eigenvalue weighted by molar-refractivity contribution is 6.41. The SMILES string of the molecule is Cc1nn(CCCNC(=O)Nc2ccc(Cl)cc2)c(Cl)c1Cl. The highest BCUT2D eigenvalue weighted by Gasteiger charge is 2.10. The van der Waals surface area contributed by atoms with Gasteiger partial charge in [-0.05, 0) is 37.6 Å². The lowest BCUT2D eigenvalue weighted by Gasteiger charge is -2.08. The zero-order chi connectivity index (χ0) is 16.1. The molecule has 0 spiro atoms. The van der Waals surface area contributed by atoms with Crippen LogP contribution in [-0.2, 0) is 6.54 Å². The lowest BCUT2D eigenvalue weighted by Crippen LogP contribution is -2.30. The van der Waals surface area contributed by atoms with Crippen LogP contribution in [0.15, 0.2) is 24.3 Å². The Balaban J connectivity index is 1.73. The Hall–Kier alpha value is -1.43. The zero-order valence-corrected chi connectivity index (χ0v) is 14.1. The first kappa shape index (κ1) is 16.9. The van der Waals surface area contributed by atoms with E-state index >= 15 is 0 Å². The molecule has 0 aliphatic heterocycles. The number of nitrogens with zero attached hydrogens (tertiary/aromatic N) is 2. The smallest absolute Gasteiger partial charge is 0.319 e. The Morgan fingerprint density at radius 1 is 1.23 bits per heavy atom. The van der Waals surface area contributed by atoms with E-state index in [-0.39, 0.29) is 6.03 Å². The molecule has 8 heteroatoms. The number of aryl methyl sites for hydroxylation is 2. The minimum atomic E-state index is -0.275. The molecule has 1 aromatic heterocycles. The van der Waals surface area contributed by atoms with Crippen LogP contribution in [0.4, 0.5) is 10.5 Å². The average molecular weight is 362 g/mol. The molecule has 0 fully saturated rings. The molecule has 1 aromatic carbocycles. The van der Waals surface area contributed by atoms with Gasteiger partial charge >= 0.3 is 6.03 Å². The molecule has 0 unspecified atom stereocenters. The standard InChI is InChI=1S/C14H15Cl3N4O/c1-9-12(16)13(17)21(20-9)8-2-7-18-14(22)19-11-5-3-10(15)4-6-11/h3-6H,2,7-8H2,1H3,(H2,18,19,22).